The SMILES string of the molecule is Cc1[nH]c2ccccc2c1CC(=O)Nc1ccc(N(C)c2cccnc2)c(-c2ccc(F)c(F)c2)c1. The van der Waals surface area contributed by atoms with Crippen LogP contribution < -0.4 is 10.2 Å². The maximum Gasteiger partial charge on any atom is 0.228 e. The Hall–Kier alpha value is -4.52. The molecule has 0 spiro atoms. The number of nitrogens with zero attached hydrogens (tertiary/aromatic N) is 2. The van der Waals surface area contributed by atoms with Gasteiger partial charge in [0, 0.05) is 46.8 Å². The number of aromatic amines is 1. The maximum atomic E-state index is 14.1. The third-order valence-corrected chi connectivity index (χ3v) is 6.27. The molecular weight excluding hydrogens is 458 g/mol. The second-order valence-corrected chi connectivity index (χ2v) is 8.63. The molecule has 0 aliphatic heterocycles. The molecule has 5 nitrogen and oxygen atoms in total. The second kappa shape index (κ2) is 9.62. The number of amides is 1. The summed E-state index contributed by atoms with van der Waals surface area (Å²) in [6.07, 6.45) is 3.60. The van der Waals surface area contributed by atoms with Crippen molar-refractivity contribution in [3.05, 3.63) is 108 Å². The van der Waals surface area contributed by atoms with Crippen LogP contribution in [0.3, 0.4) is 0 Å². The van der Waals surface area contributed by atoms with Crippen LogP contribution in [-0.4, -0.2) is 22.9 Å². The molecule has 36 heavy (non-hydrogen) atoms. The van der Waals surface area contributed by atoms with E-state index < -0.39 is 11.6 Å². The number of pyridine rings is 1. The summed E-state index contributed by atoms with van der Waals surface area (Å²) < 4.78 is 27.8. The zero-order chi connectivity index (χ0) is 25.2. The van der Waals surface area contributed by atoms with Crippen LogP contribution in [0.5, 0.6) is 0 Å². The number of hydrogen-bond acceptors (Lipinski definition) is 3. The van der Waals surface area contributed by atoms with Crippen molar-refractivity contribution in [2.75, 3.05) is 17.3 Å². The predicted molar refractivity (Wildman–Crippen MR) is 139 cm³/mol. The van der Waals surface area contributed by atoms with E-state index in [1.165, 1.54) is 6.07 Å². The van der Waals surface area contributed by atoms with Crippen LogP contribution >= 0.6 is 0 Å². The minimum absolute atomic E-state index is 0.174. The van der Waals surface area contributed by atoms with E-state index >= 15 is 0 Å². The average Bonchev–Trinajstić information content (AvgIpc) is 3.20. The van der Waals surface area contributed by atoms with Crippen molar-refractivity contribution in [2.24, 2.45) is 0 Å². The molecule has 0 saturated carbocycles. The third-order valence-electron chi connectivity index (χ3n) is 6.27. The van der Waals surface area contributed by atoms with Crippen LogP contribution in [0.15, 0.2) is 85.2 Å². The zero-order valence-electron chi connectivity index (χ0n) is 19.8. The topological polar surface area (TPSA) is 61.0 Å². The van der Waals surface area contributed by atoms with E-state index in [0.717, 1.165) is 45.7 Å². The van der Waals surface area contributed by atoms with E-state index in [4.69, 9.17) is 0 Å². The normalized spacial score (nSPS) is 11.0. The van der Waals surface area contributed by atoms with Crippen molar-refractivity contribution < 1.29 is 13.6 Å². The monoisotopic (exact) mass is 482 g/mol. The molecule has 2 N–H and O–H groups in total. The number of aromatic nitrogens is 2. The number of halogens is 2. The molecule has 0 aliphatic rings. The van der Waals surface area contributed by atoms with Crippen LogP contribution in [0, 0.1) is 18.6 Å². The number of nitrogens with one attached hydrogen (secondary N) is 2. The highest BCUT2D eigenvalue weighted by Crippen LogP contribution is 2.36. The molecule has 7 heteroatoms. The molecular formula is C29H24F2N4O. The number of para-hydroxylation sites is 1. The fourth-order valence-electron chi connectivity index (χ4n) is 4.42. The van der Waals surface area contributed by atoms with Gasteiger partial charge in [0.2, 0.25) is 5.91 Å². The van der Waals surface area contributed by atoms with Gasteiger partial charge in [0.1, 0.15) is 0 Å². The van der Waals surface area contributed by atoms with Crippen molar-refractivity contribution in [2.45, 2.75) is 13.3 Å². The van der Waals surface area contributed by atoms with Gasteiger partial charge in [0.25, 0.3) is 0 Å². The van der Waals surface area contributed by atoms with E-state index in [0.29, 0.717) is 16.8 Å². The quantitative estimate of drug-likeness (QED) is 0.281. The number of aryl methyl sites for hydroxylation is 1. The first kappa shape index (κ1) is 23.2. The van der Waals surface area contributed by atoms with Crippen LogP contribution in [0.25, 0.3) is 22.0 Å². The Labute approximate surface area is 207 Å². The van der Waals surface area contributed by atoms with Crippen molar-refractivity contribution >= 4 is 33.9 Å². The number of fused-ring (bicyclic) bond motifs is 1. The second-order valence-electron chi connectivity index (χ2n) is 8.63. The Morgan fingerprint density at radius 1 is 1.00 bits per heavy atom. The molecule has 0 aliphatic carbocycles. The molecule has 2 aromatic heterocycles. The summed E-state index contributed by atoms with van der Waals surface area (Å²) in [6.45, 7) is 1.95. The van der Waals surface area contributed by atoms with Gasteiger partial charge in [0.05, 0.1) is 18.3 Å². The van der Waals surface area contributed by atoms with Crippen LogP contribution in [0.2, 0.25) is 0 Å². The molecule has 5 aromatic rings. The van der Waals surface area contributed by atoms with Crippen LogP contribution in [0.4, 0.5) is 25.8 Å². The lowest BCUT2D eigenvalue weighted by molar-refractivity contribution is -0.115. The van der Waals surface area contributed by atoms with Gasteiger partial charge in [0.15, 0.2) is 11.6 Å². The summed E-state index contributed by atoms with van der Waals surface area (Å²) in [5, 5.41) is 3.98. The molecule has 5 rings (SSSR count). The van der Waals surface area contributed by atoms with Crippen molar-refractivity contribution in [3.8, 4) is 11.1 Å². The first-order valence-corrected chi connectivity index (χ1v) is 11.5. The summed E-state index contributed by atoms with van der Waals surface area (Å²) in [6, 6.07) is 20.8. The van der Waals surface area contributed by atoms with E-state index in [1.54, 1.807) is 24.5 Å². The molecule has 0 bridgehead atoms. The van der Waals surface area contributed by atoms with Gasteiger partial charge in [-0.1, -0.05) is 24.3 Å². The van der Waals surface area contributed by atoms with Gasteiger partial charge in [-0.05, 0) is 66.6 Å². The minimum Gasteiger partial charge on any atom is -0.358 e. The maximum absolute atomic E-state index is 14.1. The number of hydrogen-bond donors (Lipinski definition) is 2. The standard InChI is InChI=1S/C29H24F2N4O/c1-18-23(22-7-3-4-8-27(22)33-18)16-29(36)34-20-10-12-28(35(2)21-6-5-13-32-17-21)24(15-20)19-9-11-25(30)26(31)14-19/h3-15,17,33H,16H2,1-2H3,(H,34,36). The molecule has 1 amide bonds. The van der Waals surface area contributed by atoms with Gasteiger partial charge in [-0.25, -0.2) is 8.78 Å². The minimum atomic E-state index is -0.938. The molecule has 2 heterocycles. The number of H-pyrrole nitrogens is 1. The highest BCUT2D eigenvalue weighted by Gasteiger charge is 2.16. The fraction of sp³-hybridized carbons (Fsp3) is 0.103. The first-order chi connectivity index (χ1) is 17.4. The van der Waals surface area contributed by atoms with E-state index in [-0.39, 0.29) is 12.3 Å². The van der Waals surface area contributed by atoms with Crippen molar-refractivity contribution in [1.29, 1.82) is 0 Å². The highest BCUT2D eigenvalue weighted by molar-refractivity contribution is 5.97. The van der Waals surface area contributed by atoms with Gasteiger partial charge in [-0.15, -0.1) is 0 Å². The molecule has 0 radical (unpaired) electrons. The number of carbonyl (C=O) groups is 1. The first-order valence-electron chi connectivity index (χ1n) is 11.5. The molecule has 0 atom stereocenters. The van der Waals surface area contributed by atoms with Gasteiger partial charge in [-0.3, -0.25) is 9.78 Å². The summed E-state index contributed by atoms with van der Waals surface area (Å²) in [5.41, 5.74) is 6.14. The lowest BCUT2D eigenvalue weighted by Gasteiger charge is -2.23. The molecule has 3 aromatic carbocycles. The lowest BCUT2D eigenvalue weighted by atomic mass is 10.0. The summed E-state index contributed by atoms with van der Waals surface area (Å²) in [5.74, 6) is -2.03. The average molecular weight is 483 g/mol. The van der Waals surface area contributed by atoms with Crippen molar-refractivity contribution in [1.82, 2.24) is 9.97 Å². The Morgan fingerprint density at radius 2 is 1.83 bits per heavy atom. The Bertz CT molecular complexity index is 1560. The van der Waals surface area contributed by atoms with Crippen molar-refractivity contribution in [3.63, 3.8) is 0 Å². The number of carbonyl (C=O) groups excluding carboxylic acids is 1. The van der Waals surface area contributed by atoms with Gasteiger partial charge < -0.3 is 15.2 Å². The third kappa shape index (κ3) is 4.55. The summed E-state index contributed by atoms with van der Waals surface area (Å²) >= 11 is 0. The zero-order valence-corrected chi connectivity index (χ0v) is 19.8. The van der Waals surface area contributed by atoms with Crippen LogP contribution in [0.1, 0.15) is 11.3 Å². The Balaban J connectivity index is 1.48. The van der Waals surface area contributed by atoms with E-state index in [9.17, 15) is 13.6 Å². The fourth-order valence-corrected chi connectivity index (χ4v) is 4.42. The van der Waals surface area contributed by atoms with Gasteiger partial charge >= 0.3 is 0 Å². The number of anilines is 3. The number of rotatable bonds is 6. The van der Waals surface area contributed by atoms with Gasteiger partial charge in [-0.2, -0.15) is 0 Å². The smallest absolute Gasteiger partial charge is 0.228 e. The number of benzene rings is 3. The highest BCUT2D eigenvalue weighted by atomic mass is 19.2. The molecule has 180 valence electrons. The molecule has 0 fully saturated rings. The predicted octanol–water partition coefficient (Wildman–Crippen LogP) is 6.77. The van der Waals surface area contributed by atoms with E-state index in [1.807, 2.05) is 61.3 Å². The van der Waals surface area contributed by atoms with Crippen LogP contribution in [-0.2, 0) is 11.2 Å². The summed E-state index contributed by atoms with van der Waals surface area (Å²) in [4.78, 5) is 22.4. The largest absolute Gasteiger partial charge is 0.358 e. The van der Waals surface area contributed by atoms with E-state index in [2.05, 4.69) is 15.3 Å². The molecule has 0 saturated heterocycles. The summed E-state index contributed by atoms with van der Waals surface area (Å²) in [7, 11) is 1.87. The molecule has 0 unspecified atom stereocenters. The Morgan fingerprint density at radius 3 is 2.61 bits per heavy atom. The lowest BCUT2D eigenvalue weighted by Crippen LogP contribution is -2.16. The Kier molecular flexibility index (Phi) is 6.21.